The largest absolute Gasteiger partial charge is 0.338 e. The highest BCUT2D eigenvalue weighted by Gasteiger charge is 2.11. The highest BCUT2D eigenvalue weighted by molar-refractivity contribution is 5.91. The smallest absolute Gasteiger partial charge is 0.321 e. The Kier molecular flexibility index (Phi) is 4.79. The van der Waals surface area contributed by atoms with Crippen molar-refractivity contribution in [1.82, 2.24) is 5.32 Å². The first-order chi connectivity index (χ1) is 7.72. The van der Waals surface area contributed by atoms with Gasteiger partial charge in [0.2, 0.25) is 0 Å². The summed E-state index contributed by atoms with van der Waals surface area (Å²) in [6.45, 7) is 5.66. The molecule has 0 radical (unpaired) electrons. The molecule has 0 heterocycles. The van der Waals surface area contributed by atoms with Gasteiger partial charge >= 0.3 is 6.03 Å². The summed E-state index contributed by atoms with van der Waals surface area (Å²) in [5.41, 5.74) is 7.48. The zero-order valence-electron chi connectivity index (χ0n) is 9.86. The van der Waals surface area contributed by atoms with Gasteiger partial charge in [0.05, 0.1) is 0 Å². The number of hydrogen-bond acceptors (Lipinski definition) is 2. The average molecular weight is 221 g/mol. The number of anilines is 1. The van der Waals surface area contributed by atoms with E-state index in [1.165, 1.54) is 0 Å². The van der Waals surface area contributed by atoms with Crippen LogP contribution in [0.2, 0.25) is 0 Å². The van der Waals surface area contributed by atoms with E-state index in [1.807, 2.05) is 38.1 Å². The molecule has 0 saturated carbocycles. The maximum absolute atomic E-state index is 11.7. The number of nitrogens with two attached hydrogens (primary N) is 1. The van der Waals surface area contributed by atoms with E-state index in [0.29, 0.717) is 19.6 Å². The number of amides is 2. The topological polar surface area (TPSA) is 58.4 Å². The summed E-state index contributed by atoms with van der Waals surface area (Å²) in [7, 11) is 0. The van der Waals surface area contributed by atoms with Crippen LogP contribution in [0.4, 0.5) is 10.5 Å². The standard InChI is InChI=1S/C12H19N3O/c1-3-14-12(16)15(4-2)11-7-5-10(9-13)6-8-11/h5-8H,3-4,9,13H2,1-2H3,(H,14,16). The van der Waals surface area contributed by atoms with E-state index < -0.39 is 0 Å². The fraction of sp³-hybridized carbons (Fsp3) is 0.417. The van der Waals surface area contributed by atoms with Crippen LogP contribution in [0.25, 0.3) is 0 Å². The maximum atomic E-state index is 11.7. The normalized spacial score (nSPS) is 9.94. The van der Waals surface area contributed by atoms with Gasteiger partial charge in [0.1, 0.15) is 0 Å². The molecule has 2 amide bonds. The lowest BCUT2D eigenvalue weighted by molar-refractivity contribution is 0.247. The van der Waals surface area contributed by atoms with Gasteiger partial charge in [0, 0.05) is 25.3 Å². The monoisotopic (exact) mass is 221 g/mol. The van der Waals surface area contributed by atoms with Crippen LogP contribution in [0.15, 0.2) is 24.3 Å². The first-order valence-corrected chi connectivity index (χ1v) is 5.57. The van der Waals surface area contributed by atoms with E-state index in [1.54, 1.807) is 4.90 Å². The van der Waals surface area contributed by atoms with Gasteiger partial charge in [-0.3, -0.25) is 4.90 Å². The van der Waals surface area contributed by atoms with Gasteiger partial charge < -0.3 is 11.1 Å². The van der Waals surface area contributed by atoms with E-state index >= 15 is 0 Å². The molecular weight excluding hydrogens is 202 g/mol. The highest BCUT2D eigenvalue weighted by Crippen LogP contribution is 2.15. The number of nitrogens with zero attached hydrogens (tertiary/aromatic N) is 1. The zero-order chi connectivity index (χ0) is 12.0. The Labute approximate surface area is 96.4 Å². The highest BCUT2D eigenvalue weighted by atomic mass is 16.2. The average Bonchev–Trinajstić information content (AvgIpc) is 2.31. The summed E-state index contributed by atoms with van der Waals surface area (Å²) in [4.78, 5) is 13.4. The quantitative estimate of drug-likeness (QED) is 0.813. The van der Waals surface area contributed by atoms with Crippen molar-refractivity contribution in [2.45, 2.75) is 20.4 Å². The molecule has 16 heavy (non-hydrogen) atoms. The van der Waals surface area contributed by atoms with E-state index in [-0.39, 0.29) is 6.03 Å². The molecule has 0 spiro atoms. The van der Waals surface area contributed by atoms with Crippen molar-refractivity contribution in [3.05, 3.63) is 29.8 Å². The maximum Gasteiger partial charge on any atom is 0.321 e. The van der Waals surface area contributed by atoms with Crippen LogP contribution in [0.5, 0.6) is 0 Å². The number of benzene rings is 1. The van der Waals surface area contributed by atoms with Crippen LogP contribution in [0.3, 0.4) is 0 Å². The van der Waals surface area contributed by atoms with Crippen molar-refractivity contribution < 1.29 is 4.79 Å². The second-order valence-electron chi connectivity index (χ2n) is 3.45. The molecule has 0 fully saturated rings. The van der Waals surface area contributed by atoms with Crippen LogP contribution in [0, 0.1) is 0 Å². The molecule has 1 aromatic rings. The molecule has 0 bridgehead atoms. The van der Waals surface area contributed by atoms with Crippen LogP contribution in [-0.2, 0) is 6.54 Å². The van der Waals surface area contributed by atoms with Crippen molar-refractivity contribution in [3.63, 3.8) is 0 Å². The Bertz CT molecular complexity index is 335. The Morgan fingerprint density at radius 3 is 2.38 bits per heavy atom. The molecule has 0 aliphatic rings. The summed E-state index contributed by atoms with van der Waals surface area (Å²) in [6.07, 6.45) is 0. The lowest BCUT2D eigenvalue weighted by Crippen LogP contribution is -2.39. The lowest BCUT2D eigenvalue weighted by atomic mass is 10.2. The molecule has 0 aliphatic heterocycles. The zero-order valence-corrected chi connectivity index (χ0v) is 9.86. The third-order valence-corrected chi connectivity index (χ3v) is 2.37. The minimum absolute atomic E-state index is 0.0644. The Morgan fingerprint density at radius 2 is 1.94 bits per heavy atom. The van der Waals surface area contributed by atoms with Gasteiger partial charge in [-0.2, -0.15) is 0 Å². The third-order valence-electron chi connectivity index (χ3n) is 2.37. The van der Waals surface area contributed by atoms with Gasteiger partial charge in [-0.15, -0.1) is 0 Å². The molecule has 1 rings (SSSR count). The molecule has 4 heteroatoms. The summed E-state index contributed by atoms with van der Waals surface area (Å²) < 4.78 is 0. The molecule has 0 atom stereocenters. The van der Waals surface area contributed by atoms with Crippen LogP contribution in [-0.4, -0.2) is 19.1 Å². The minimum atomic E-state index is -0.0644. The summed E-state index contributed by atoms with van der Waals surface area (Å²) in [5.74, 6) is 0. The van der Waals surface area contributed by atoms with Gasteiger partial charge in [-0.25, -0.2) is 4.79 Å². The van der Waals surface area contributed by atoms with Gasteiger partial charge in [0.15, 0.2) is 0 Å². The predicted octanol–water partition coefficient (Wildman–Crippen LogP) is 1.70. The molecule has 0 aliphatic carbocycles. The summed E-state index contributed by atoms with van der Waals surface area (Å²) >= 11 is 0. The molecule has 3 N–H and O–H groups in total. The first-order valence-electron chi connectivity index (χ1n) is 5.57. The molecule has 1 aromatic carbocycles. The van der Waals surface area contributed by atoms with E-state index in [2.05, 4.69) is 5.32 Å². The Morgan fingerprint density at radius 1 is 1.31 bits per heavy atom. The van der Waals surface area contributed by atoms with E-state index in [0.717, 1.165) is 11.3 Å². The molecule has 0 saturated heterocycles. The number of carbonyl (C=O) groups is 1. The molecule has 88 valence electrons. The predicted molar refractivity (Wildman–Crippen MR) is 66.4 cm³/mol. The first kappa shape index (κ1) is 12.5. The molecule has 0 aromatic heterocycles. The molecule has 4 nitrogen and oxygen atoms in total. The van der Waals surface area contributed by atoms with Crippen LogP contribution >= 0.6 is 0 Å². The molecular formula is C12H19N3O. The van der Waals surface area contributed by atoms with Crippen LogP contribution in [0.1, 0.15) is 19.4 Å². The Balaban J connectivity index is 2.82. The summed E-state index contributed by atoms with van der Waals surface area (Å²) in [6, 6.07) is 7.65. The SMILES string of the molecule is CCNC(=O)N(CC)c1ccc(CN)cc1. The van der Waals surface area contributed by atoms with Gasteiger partial charge in [-0.05, 0) is 31.5 Å². The second-order valence-corrected chi connectivity index (χ2v) is 3.45. The van der Waals surface area contributed by atoms with E-state index in [9.17, 15) is 4.79 Å². The minimum Gasteiger partial charge on any atom is -0.338 e. The number of nitrogens with one attached hydrogen (secondary N) is 1. The van der Waals surface area contributed by atoms with Crippen molar-refractivity contribution >= 4 is 11.7 Å². The van der Waals surface area contributed by atoms with Crippen LogP contribution < -0.4 is 16.0 Å². The van der Waals surface area contributed by atoms with Crippen molar-refractivity contribution in [3.8, 4) is 0 Å². The fourth-order valence-electron chi connectivity index (χ4n) is 1.50. The van der Waals surface area contributed by atoms with Crippen molar-refractivity contribution in [1.29, 1.82) is 0 Å². The number of hydrogen-bond donors (Lipinski definition) is 2. The molecule has 0 unspecified atom stereocenters. The number of carbonyl (C=O) groups excluding carboxylic acids is 1. The van der Waals surface area contributed by atoms with Crippen molar-refractivity contribution in [2.75, 3.05) is 18.0 Å². The lowest BCUT2D eigenvalue weighted by Gasteiger charge is -2.21. The van der Waals surface area contributed by atoms with Crippen molar-refractivity contribution in [2.24, 2.45) is 5.73 Å². The summed E-state index contributed by atoms with van der Waals surface area (Å²) in [5, 5.41) is 2.79. The third kappa shape index (κ3) is 2.97. The number of rotatable bonds is 4. The van der Waals surface area contributed by atoms with Gasteiger partial charge in [0.25, 0.3) is 0 Å². The second kappa shape index (κ2) is 6.12. The van der Waals surface area contributed by atoms with E-state index in [4.69, 9.17) is 5.73 Å². The van der Waals surface area contributed by atoms with Gasteiger partial charge in [-0.1, -0.05) is 12.1 Å². The Hall–Kier alpha value is -1.55. The fourth-order valence-corrected chi connectivity index (χ4v) is 1.50. The number of urea groups is 1.